The second kappa shape index (κ2) is 7.32. The molecule has 0 fully saturated rings. The second-order valence-electron chi connectivity index (χ2n) is 6.16. The van der Waals surface area contributed by atoms with E-state index in [1.165, 1.54) is 36.4 Å². The topological polar surface area (TPSA) is 81.1 Å². The van der Waals surface area contributed by atoms with Gasteiger partial charge in [-0.1, -0.05) is 18.2 Å². The summed E-state index contributed by atoms with van der Waals surface area (Å²) in [6.07, 6.45) is 4.38. The van der Waals surface area contributed by atoms with Gasteiger partial charge in [-0.25, -0.2) is 17.8 Å². The maximum atomic E-state index is 13.7. The summed E-state index contributed by atoms with van der Waals surface area (Å²) in [5, 5.41) is 2.81. The molecule has 0 aliphatic heterocycles. The Balaban J connectivity index is 1.98. The van der Waals surface area contributed by atoms with E-state index in [9.17, 15) is 17.6 Å². The fourth-order valence-electron chi connectivity index (χ4n) is 2.72. The predicted octanol–water partition coefficient (Wildman–Crippen LogP) is 2.48. The number of nitrogens with zero attached hydrogens (tertiary/aromatic N) is 2. The number of hydrogen-bond acceptors (Lipinski definition) is 4. The SMILES string of the molecule is Cn1ccnc1[C@H](NC(=O)c1cccc(S(C)(=O)=O)c1)c1cccc(F)c1. The smallest absolute Gasteiger partial charge is 0.252 e. The Hall–Kier alpha value is -3.00. The molecule has 0 saturated heterocycles. The van der Waals surface area contributed by atoms with Crippen LogP contribution in [0.3, 0.4) is 0 Å². The number of hydrogen-bond donors (Lipinski definition) is 1. The third-order valence-electron chi connectivity index (χ3n) is 4.10. The number of carbonyl (C=O) groups is 1. The summed E-state index contributed by atoms with van der Waals surface area (Å²) in [6, 6.07) is 10.9. The Kier molecular flexibility index (Phi) is 5.09. The number of rotatable bonds is 5. The van der Waals surface area contributed by atoms with Crippen LogP contribution >= 0.6 is 0 Å². The number of amides is 1. The first kappa shape index (κ1) is 18.8. The van der Waals surface area contributed by atoms with E-state index in [1.807, 2.05) is 0 Å². The van der Waals surface area contributed by atoms with E-state index in [2.05, 4.69) is 10.3 Å². The van der Waals surface area contributed by atoms with Crippen LogP contribution in [0.1, 0.15) is 27.8 Å². The van der Waals surface area contributed by atoms with Crippen molar-refractivity contribution >= 4 is 15.7 Å². The Morgan fingerprint density at radius 2 is 1.93 bits per heavy atom. The van der Waals surface area contributed by atoms with Gasteiger partial charge in [-0.05, 0) is 35.9 Å². The van der Waals surface area contributed by atoms with Crippen LogP contribution in [0.15, 0.2) is 65.8 Å². The van der Waals surface area contributed by atoms with Crippen molar-refractivity contribution in [1.29, 1.82) is 0 Å². The third kappa shape index (κ3) is 4.22. The van der Waals surface area contributed by atoms with Crippen LogP contribution in [0, 0.1) is 5.82 Å². The molecule has 0 aliphatic rings. The zero-order valence-corrected chi connectivity index (χ0v) is 15.6. The summed E-state index contributed by atoms with van der Waals surface area (Å²) in [7, 11) is -1.67. The van der Waals surface area contributed by atoms with Gasteiger partial charge in [0.2, 0.25) is 0 Å². The Morgan fingerprint density at radius 3 is 2.56 bits per heavy atom. The van der Waals surface area contributed by atoms with Crippen LogP contribution in [0.25, 0.3) is 0 Å². The number of halogens is 1. The van der Waals surface area contributed by atoms with Gasteiger partial charge >= 0.3 is 0 Å². The minimum absolute atomic E-state index is 0.0504. The van der Waals surface area contributed by atoms with Crippen molar-refractivity contribution in [2.24, 2.45) is 7.05 Å². The lowest BCUT2D eigenvalue weighted by Gasteiger charge is -2.19. The molecule has 1 N–H and O–H groups in total. The van der Waals surface area contributed by atoms with Gasteiger partial charge in [-0.15, -0.1) is 0 Å². The molecule has 1 atom stereocenters. The maximum Gasteiger partial charge on any atom is 0.252 e. The number of aromatic nitrogens is 2. The zero-order valence-electron chi connectivity index (χ0n) is 14.8. The van der Waals surface area contributed by atoms with E-state index in [4.69, 9.17) is 0 Å². The van der Waals surface area contributed by atoms with Gasteiger partial charge in [-0.2, -0.15) is 0 Å². The van der Waals surface area contributed by atoms with E-state index in [-0.39, 0.29) is 10.5 Å². The third-order valence-corrected chi connectivity index (χ3v) is 5.21. The molecule has 1 amide bonds. The van der Waals surface area contributed by atoms with E-state index in [1.54, 1.807) is 36.1 Å². The van der Waals surface area contributed by atoms with Gasteiger partial charge in [0, 0.05) is 31.3 Å². The van der Waals surface area contributed by atoms with Crippen LogP contribution in [-0.4, -0.2) is 30.1 Å². The molecule has 2 aromatic carbocycles. The average molecular weight is 387 g/mol. The van der Waals surface area contributed by atoms with Gasteiger partial charge < -0.3 is 9.88 Å². The number of carbonyl (C=O) groups excluding carboxylic acids is 1. The molecule has 6 nitrogen and oxygen atoms in total. The standard InChI is InChI=1S/C19H18FN3O3S/c1-23-10-9-21-18(23)17(13-5-3-7-15(20)11-13)22-19(24)14-6-4-8-16(12-14)27(2,25)26/h3-12,17H,1-2H3,(H,22,24)/t17-/m1/s1. The highest BCUT2D eigenvalue weighted by atomic mass is 32.2. The van der Waals surface area contributed by atoms with Gasteiger partial charge in [0.05, 0.1) is 4.90 Å². The summed E-state index contributed by atoms with van der Waals surface area (Å²) in [5.74, 6) is -0.397. The molecule has 1 aromatic heterocycles. The number of aryl methyl sites for hydroxylation is 1. The van der Waals surface area contributed by atoms with Crippen LogP contribution in [-0.2, 0) is 16.9 Å². The highest BCUT2D eigenvalue weighted by Crippen LogP contribution is 2.22. The summed E-state index contributed by atoms with van der Waals surface area (Å²) >= 11 is 0. The van der Waals surface area contributed by atoms with Crippen molar-refractivity contribution in [3.8, 4) is 0 Å². The molecule has 0 bridgehead atoms. The van der Waals surface area contributed by atoms with E-state index >= 15 is 0 Å². The number of imidazole rings is 1. The van der Waals surface area contributed by atoms with Gasteiger partial charge in [0.25, 0.3) is 5.91 Å². The molecule has 0 spiro atoms. The lowest BCUT2D eigenvalue weighted by molar-refractivity contribution is 0.0941. The minimum atomic E-state index is -3.44. The van der Waals surface area contributed by atoms with Crippen LogP contribution in [0.4, 0.5) is 4.39 Å². The number of benzene rings is 2. The first-order chi connectivity index (χ1) is 12.8. The molecule has 0 radical (unpaired) electrons. The number of sulfone groups is 1. The van der Waals surface area contributed by atoms with E-state index in [0.717, 1.165) is 6.26 Å². The molecule has 0 aliphatic carbocycles. The number of nitrogens with one attached hydrogen (secondary N) is 1. The lowest BCUT2D eigenvalue weighted by Crippen LogP contribution is -2.31. The minimum Gasteiger partial charge on any atom is -0.338 e. The Morgan fingerprint density at radius 1 is 1.19 bits per heavy atom. The van der Waals surface area contributed by atoms with Crippen molar-refractivity contribution in [1.82, 2.24) is 14.9 Å². The first-order valence-electron chi connectivity index (χ1n) is 8.09. The fourth-order valence-corrected chi connectivity index (χ4v) is 3.39. The van der Waals surface area contributed by atoms with Gasteiger partial charge in [0.1, 0.15) is 17.7 Å². The fraction of sp³-hybridized carbons (Fsp3) is 0.158. The normalized spacial score (nSPS) is 12.6. The van der Waals surface area contributed by atoms with Gasteiger partial charge in [-0.3, -0.25) is 4.79 Å². The predicted molar refractivity (Wildman–Crippen MR) is 98.5 cm³/mol. The monoisotopic (exact) mass is 387 g/mol. The average Bonchev–Trinajstić information content (AvgIpc) is 3.04. The maximum absolute atomic E-state index is 13.7. The molecular formula is C19H18FN3O3S. The Labute approximate surface area is 156 Å². The second-order valence-corrected chi connectivity index (χ2v) is 8.17. The van der Waals surface area contributed by atoms with Crippen LogP contribution in [0.2, 0.25) is 0 Å². The summed E-state index contributed by atoms with van der Waals surface area (Å²) in [6.45, 7) is 0. The highest BCUT2D eigenvalue weighted by Gasteiger charge is 2.22. The molecule has 140 valence electrons. The zero-order chi connectivity index (χ0) is 19.6. The molecule has 3 aromatic rings. The molecule has 0 saturated carbocycles. The van der Waals surface area contributed by atoms with Crippen molar-refractivity contribution in [3.63, 3.8) is 0 Å². The summed E-state index contributed by atoms with van der Waals surface area (Å²) in [5.41, 5.74) is 0.713. The van der Waals surface area contributed by atoms with Crippen LogP contribution < -0.4 is 5.32 Å². The van der Waals surface area contributed by atoms with E-state index < -0.39 is 27.6 Å². The highest BCUT2D eigenvalue weighted by molar-refractivity contribution is 7.90. The lowest BCUT2D eigenvalue weighted by atomic mass is 10.0. The first-order valence-corrected chi connectivity index (χ1v) is 9.98. The van der Waals surface area contributed by atoms with Gasteiger partial charge in [0.15, 0.2) is 9.84 Å². The Bertz CT molecular complexity index is 1090. The van der Waals surface area contributed by atoms with Crippen molar-refractivity contribution in [2.75, 3.05) is 6.26 Å². The van der Waals surface area contributed by atoms with Crippen molar-refractivity contribution in [3.05, 3.63) is 83.7 Å². The summed E-state index contributed by atoms with van der Waals surface area (Å²) in [4.78, 5) is 17.1. The molecular weight excluding hydrogens is 369 g/mol. The van der Waals surface area contributed by atoms with Crippen LogP contribution in [0.5, 0.6) is 0 Å². The summed E-state index contributed by atoms with van der Waals surface area (Å²) < 4.78 is 38.9. The van der Waals surface area contributed by atoms with E-state index in [0.29, 0.717) is 11.4 Å². The quantitative estimate of drug-likeness (QED) is 0.729. The molecule has 27 heavy (non-hydrogen) atoms. The molecule has 8 heteroatoms. The van der Waals surface area contributed by atoms with Crippen molar-refractivity contribution in [2.45, 2.75) is 10.9 Å². The largest absolute Gasteiger partial charge is 0.338 e. The van der Waals surface area contributed by atoms with Crippen molar-refractivity contribution < 1.29 is 17.6 Å². The molecule has 3 rings (SSSR count). The molecule has 0 unspecified atom stereocenters. The molecule has 1 heterocycles.